The maximum absolute atomic E-state index is 13.0. The van der Waals surface area contributed by atoms with E-state index < -0.39 is 16.7 Å². The Kier molecular flexibility index (Phi) is 5.24. The van der Waals surface area contributed by atoms with E-state index in [4.69, 9.17) is 4.42 Å². The number of aromatic nitrogens is 1. The van der Waals surface area contributed by atoms with Crippen molar-refractivity contribution >= 4 is 38.5 Å². The molecule has 9 heteroatoms. The van der Waals surface area contributed by atoms with E-state index in [1.54, 1.807) is 0 Å². The number of carbonyl (C=O) groups is 1. The molecule has 1 amide bonds. The minimum atomic E-state index is -0.658. The second kappa shape index (κ2) is 7.45. The summed E-state index contributed by atoms with van der Waals surface area (Å²) in [6, 6.07) is 6.55. The highest BCUT2D eigenvalue weighted by atomic mass is 32.1. The summed E-state index contributed by atoms with van der Waals surface area (Å²) in [5, 5.41) is 11.4. The smallest absolute Gasteiger partial charge is 0.395 e. The number of nitrogens with zero attached hydrogens (tertiary/aromatic N) is 3. The Balaban J connectivity index is 2.01. The van der Waals surface area contributed by atoms with Gasteiger partial charge in [-0.1, -0.05) is 17.4 Å². The average molecular weight is 389 g/mol. The van der Waals surface area contributed by atoms with Gasteiger partial charge in [-0.2, -0.15) is 0 Å². The summed E-state index contributed by atoms with van der Waals surface area (Å²) >= 11 is 1.43. The van der Waals surface area contributed by atoms with Gasteiger partial charge in [0, 0.05) is 0 Å². The van der Waals surface area contributed by atoms with Crippen molar-refractivity contribution in [3.63, 3.8) is 0 Å². The first-order chi connectivity index (χ1) is 12.8. The number of hydrogen-bond donors (Lipinski definition) is 1. The molecule has 27 heavy (non-hydrogen) atoms. The number of carbonyl (C=O) groups excluding carboxylic acids is 1. The van der Waals surface area contributed by atoms with Crippen LogP contribution in [0.15, 0.2) is 28.7 Å². The third-order valence-electron chi connectivity index (χ3n) is 4.37. The molecule has 3 aromatic rings. The zero-order valence-electron chi connectivity index (χ0n) is 15.6. The Hall–Kier alpha value is -2.78. The molecule has 0 saturated heterocycles. The number of benzene rings is 1. The lowest BCUT2D eigenvalue weighted by molar-refractivity contribution is -0.856. The maximum atomic E-state index is 13.0. The van der Waals surface area contributed by atoms with E-state index in [0.29, 0.717) is 18.2 Å². The SMILES string of the molecule is Cc1ccc2sc(N(CC[NH+](C)C)C(=O)c3ccc([N+](=O)[O-])o3)nc2c1C. The monoisotopic (exact) mass is 389 g/mol. The van der Waals surface area contributed by atoms with Gasteiger partial charge in [0.25, 0.3) is 5.91 Å². The molecule has 142 valence electrons. The Morgan fingerprint density at radius 1 is 1.30 bits per heavy atom. The highest BCUT2D eigenvalue weighted by Gasteiger charge is 2.27. The number of furan rings is 1. The van der Waals surface area contributed by atoms with Crippen LogP contribution >= 0.6 is 11.3 Å². The van der Waals surface area contributed by atoms with Crippen molar-refractivity contribution < 1.29 is 19.0 Å². The number of rotatable bonds is 6. The van der Waals surface area contributed by atoms with Crippen LogP contribution in [0.25, 0.3) is 10.2 Å². The first-order valence-electron chi connectivity index (χ1n) is 8.49. The van der Waals surface area contributed by atoms with Gasteiger partial charge in [-0.15, -0.1) is 0 Å². The first-order valence-corrected chi connectivity index (χ1v) is 9.31. The minimum absolute atomic E-state index is 0.0670. The fourth-order valence-electron chi connectivity index (χ4n) is 2.62. The van der Waals surface area contributed by atoms with E-state index in [1.807, 2.05) is 40.1 Å². The van der Waals surface area contributed by atoms with Crippen LogP contribution in [-0.2, 0) is 0 Å². The largest absolute Gasteiger partial charge is 0.433 e. The van der Waals surface area contributed by atoms with Crippen molar-refractivity contribution in [2.75, 3.05) is 32.1 Å². The summed E-state index contributed by atoms with van der Waals surface area (Å²) in [4.78, 5) is 30.6. The van der Waals surface area contributed by atoms with Gasteiger partial charge in [-0.05, 0) is 37.1 Å². The fourth-order valence-corrected chi connectivity index (χ4v) is 3.67. The molecule has 0 unspecified atom stereocenters. The number of quaternary nitrogens is 1. The number of aryl methyl sites for hydroxylation is 2. The van der Waals surface area contributed by atoms with E-state index in [0.717, 1.165) is 21.3 Å². The van der Waals surface area contributed by atoms with Crippen molar-refractivity contribution in [1.82, 2.24) is 4.98 Å². The average Bonchev–Trinajstić information content (AvgIpc) is 3.25. The number of fused-ring (bicyclic) bond motifs is 1. The summed E-state index contributed by atoms with van der Waals surface area (Å²) < 4.78 is 6.11. The van der Waals surface area contributed by atoms with Gasteiger partial charge in [-0.3, -0.25) is 19.8 Å². The van der Waals surface area contributed by atoms with Gasteiger partial charge in [-0.25, -0.2) is 4.98 Å². The number of thiazole rings is 1. The Morgan fingerprint density at radius 3 is 2.67 bits per heavy atom. The lowest BCUT2D eigenvalue weighted by atomic mass is 10.1. The third kappa shape index (κ3) is 3.83. The normalized spacial score (nSPS) is 11.3. The van der Waals surface area contributed by atoms with Crippen LogP contribution in [0, 0.1) is 24.0 Å². The molecule has 0 bridgehead atoms. The Labute approximate surface area is 160 Å². The highest BCUT2D eigenvalue weighted by Crippen LogP contribution is 2.32. The molecule has 2 aromatic heterocycles. The van der Waals surface area contributed by atoms with E-state index in [2.05, 4.69) is 4.98 Å². The van der Waals surface area contributed by atoms with E-state index in [1.165, 1.54) is 33.3 Å². The predicted molar refractivity (Wildman–Crippen MR) is 104 cm³/mol. The molecular weight excluding hydrogens is 368 g/mol. The number of likely N-dealkylation sites (N-methyl/N-ethyl adjacent to an activating group) is 1. The van der Waals surface area contributed by atoms with Crippen LogP contribution in [0.1, 0.15) is 21.7 Å². The molecule has 1 N–H and O–H groups in total. The van der Waals surface area contributed by atoms with Crippen LogP contribution in [0.4, 0.5) is 11.0 Å². The zero-order chi connectivity index (χ0) is 19.7. The molecule has 0 aliphatic heterocycles. The zero-order valence-corrected chi connectivity index (χ0v) is 16.4. The maximum Gasteiger partial charge on any atom is 0.433 e. The second-order valence-corrected chi connectivity index (χ2v) is 7.67. The summed E-state index contributed by atoms with van der Waals surface area (Å²) in [5.74, 6) is -0.951. The molecule has 8 nitrogen and oxygen atoms in total. The van der Waals surface area contributed by atoms with E-state index in [-0.39, 0.29) is 5.76 Å². The van der Waals surface area contributed by atoms with Crippen molar-refractivity contribution in [1.29, 1.82) is 0 Å². The molecular formula is C18H21N4O4S+. The van der Waals surface area contributed by atoms with Crippen molar-refractivity contribution in [3.05, 3.63) is 51.3 Å². The predicted octanol–water partition coefficient (Wildman–Crippen LogP) is 2.21. The van der Waals surface area contributed by atoms with Gasteiger partial charge in [0.2, 0.25) is 0 Å². The van der Waals surface area contributed by atoms with E-state index in [9.17, 15) is 14.9 Å². The lowest BCUT2D eigenvalue weighted by Crippen LogP contribution is -3.06. The summed E-state index contributed by atoms with van der Waals surface area (Å²) in [6.07, 6.45) is 0. The molecule has 2 heterocycles. The molecule has 0 atom stereocenters. The molecule has 0 aliphatic carbocycles. The summed E-state index contributed by atoms with van der Waals surface area (Å²) in [5.41, 5.74) is 3.08. The number of nitrogens with one attached hydrogen (secondary N) is 1. The van der Waals surface area contributed by atoms with E-state index >= 15 is 0 Å². The van der Waals surface area contributed by atoms with Crippen LogP contribution < -0.4 is 9.80 Å². The fraction of sp³-hybridized carbons (Fsp3) is 0.333. The Bertz CT molecular complexity index is 1010. The number of nitro groups is 1. The van der Waals surface area contributed by atoms with Crippen LogP contribution in [0.5, 0.6) is 0 Å². The molecule has 0 aliphatic rings. The van der Waals surface area contributed by atoms with Gasteiger partial charge < -0.3 is 9.32 Å². The van der Waals surface area contributed by atoms with Gasteiger partial charge >= 0.3 is 5.88 Å². The van der Waals surface area contributed by atoms with Gasteiger partial charge in [0.1, 0.15) is 4.92 Å². The minimum Gasteiger partial charge on any atom is -0.395 e. The van der Waals surface area contributed by atoms with Crippen LogP contribution in [0.3, 0.4) is 0 Å². The summed E-state index contributed by atoms with van der Waals surface area (Å²) in [7, 11) is 3.98. The Morgan fingerprint density at radius 2 is 2.04 bits per heavy atom. The number of anilines is 1. The van der Waals surface area contributed by atoms with Crippen LogP contribution in [-0.4, -0.2) is 43.0 Å². The van der Waals surface area contributed by atoms with Crippen LogP contribution in [0.2, 0.25) is 0 Å². The molecule has 0 saturated carbocycles. The third-order valence-corrected chi connectivity index (χ3v) is 5.41. The number of amides is 1. The molecule has 1 aromatic carbocycles. The first kappa shape index (κ1) is 19.0. The van der Waals surface area contributed by atoms with Gasteiger partial charge in [0.05, 0.1) is 43.5 Å². The summed E-state index contributed by atoms with van der Waals surface area (Å²) in [6.45, 7) is 5.15. The molecule has 0 fully saturated rings. The topological polar surface area (TPSA) is 93.9 Å². The highest BCUT2D eigenvalue weighted by molar-refractivity contribution is 7.22. The second-order valence-electron chi connectivity index (χ2n) is 6.66. The van der Waals surface area contributed by atoms with Crippen molar-refractivity contribution in [2.24, 2.45) is 0 Å². The van der Waals surface area contributed by atoms with Gasteiger partial charge in [0.15, 0.2) is 10.9 Å². The number of hydrogen-bond acceptors (Lipinski definition) is 6. The quantitative estimate of drug-likeness (QED) is 0.515. The lowest BCUT2D eigenvalue weighted by Gasteiger charge is -2.19. The standard InChI is InChI=1S/C18H20N4O4S/c1-11-5-7-14-16(12(11)2)19-18(27-14)21(10-9-20(3)4)17(23)13-6-8-15(26-13)22(24)25/h5-8H,9-10H2,1-4H3/p+1. The molecule has 0 radical (unpaired) electrons. The molecule has 0 spiro atoms. The van der Waals surface area contributed by atoms with Crippen molar-refractivity contribution in [2.45, 2.75) is 13.8 Å². The molecule has 3 rings (SSSR count). The van der Waals surface area contributed by atoms with Crippen molar-refractivity contribution in [3.8, 4) is 0 Å².